The highest BCUT2D eigenvalue weighted by molar-refractivity contribution is 6.30. The van der Waals surface area contributed by atoms with E-state index in [2.05, 4.69) is 18.3 Å². The second kappa shape index (κ2) is 6.87. The van der Waals surface area contributed by atoms with E-state index in [1.807, 2.05) is 19.1 Å². The van der Waals surface area contributed by atoms with Crippen molar-refractivity contribution in [3.63, 3.8) is 0 Å². The highest BCUT2D eigenvalue weighted by Crippen LogP contribution is 2.28. The molecular weight excluding hydrogens is 273 g/mol. The molecule has 2 aromatic rings. The van der Waals surface area contributed by atoms with Crippen molar-refractivity contribution < 1.29 is 4.39 Å². The number of benzene rings is 2. The monoisotopic (exact) mass is 291 g/mol. The number of aryl methyl sites for hydroxylation is 1. The fraction of sp³-hybridized carbons (Fsp3) is 0.294. The van der Waals surface area contributed by atoms with Crippen LogP contribution in [0.15, 0.2) is 36.4 Å². The van der Waals surface area contributed by atoms with Crippen molar-refractivity contribution in [1.82, 2.24) is 5.32 Å². The Kier molecular flexibility index (Phi) is 5.16. The summed E-state index contributed by atoms with van der Waals surface area (Å²) in [5, 5.41) is 3.79. The third-order valence-corrected chi connectivity index (χ3v) is 3.50. The lowest BCUT2D eigenvalue weighted by molar-refractivity contribution is 0.631. The van der Waals surface area contributed by atoms with Crippen molar-refractivity contribution >= 4 is 11.6 Å². The standard InChI is InChI=1S/C17H19ClFN/c1-3-8-20-11-13-4-6-15(12(2)9-13)16-7-5-14(18)10-17(16)19/h4-7,9-10,20H,3,8,11H2,1-2H3. The van der Waals surface area contributed by atoms with Gasteiger partial charge in [-0.2, -0.15) is 0 Å². The molecule has 0 radical (unpaired) electrons. The molecule has 0 aliphatic heterocycles. The zero-order valence-corrected chi connectivity index (χ0v) is 12.6. The zero-order valence-electron chi connectivity index (χ0n) is 11.8. The van der Waals surface area contributed by atoms with Gasteiger partial charge in [-0.3, -0.25) is 0 Å². The fourth-order valence-corrected chi connectivity index (χ4v) is 2.41. The molecule has 1 N–H and O–H groups in total. The first-order chi connectivity index (χ1) is 9.61. The van der Waals surface area contributed by atoms with Gasteiger partial charge < -0.3 is 5.32 Å². The molecular formula is C17H19ClFN. The second-order valence-electron chi connectivity index (χ2n) is 4.95. The van der Waals surface area contributed by atoms with Crippen LogP contribution in [0.2, 0.25) is 5.02 Å². The average molecular weight is 292 g/mol. The molecule has 1 nitrogen and oxygen atoms in total. The van der Waals surface area contributed by atoms with E-state index in [0.717, 1.165) is 30.6 Å². The number of hydrogen-bond donors (Lipinski definition) is 1. The molecule has 106 valence electrons. The Bertz CT molecular complexity index is 596. The summed E-state index contributed by atoms with van der Waals surface area (Å²) in [5.74, 6) is -0.280. The van der Waals surface area contributed by atoms with Crippen LogP contribution in [-0.2, 0) is 6.54 Å². The summed E-state index contributed by atoms with van der Waals surface area (Å²) in [6.45, 7) is 6.00. The summed E-state index contributed by atoms with van der Waals surface area (Å²) in [4.78, 5) is 0. The minimum absolute atomic E-state index is 0.280. The Hall–Kier alpha value is -1.38. The molecule has 2 rings (SSSR count). The number of halogens is 2. The molecule has 0 fully saturated rings. The number of rotatable bonds is 5. The summed E-state index contributed by atoms with van der Waals surface area (Å²) >= 11 is 5.79. The number of nitrogens with one attached hydrogen (secondary N) is 1. The molecule has 0 aromatic heterocycles. The third kappa shape index (κ3) is 3.59. The summed E-state index contributed by atoms with van der Waals surface area (Å²) in [5.41, 5.74) is 3.80. The van der Waals surface area contributed by atoms with Crippen LogP contribution in [-0.4, -0.2) is 6.54 Å². The van der Waals surface area contributed by atoms with Crippen LogP contribution in [0.1, 0.15) is 24.5 Å². The van der Waals surface area contributed by atoms with Gasteiger partial charge in [0, 0.05) is 17.1 Å². The predicted molar refractivity (Wildman–Crippen MR) is 83.6 cm³/mol. The molecule has 0 aliphatic carbocycles. The topological polar surface area (TPSA) is 12.0 Å². The van der Waals surface area contributed by atoms with Crippen LogP contribution in [0.5, 0.6) is 0 Å². The first-order valence-electron chi connectivity index (χ1n) is 6.87. The molecule has 0 amide bonds. The highest BCUT2D eigenvalue weighted by atomic mass is 35.5. The van der Waals surface area contributed by atoms with E-state index < -0.39 is 0 Å². The largest absolute Gasteiger partial charge is 0.313 e. The van der Waals surface area contributed by atoms with Gasteiger partial charge in [-0.25, -0.2) is 4.39 Å². The molecule has 0 heterocycles. The summed E-state index contributed by atoms with van der Waals surface area (Å²) in [6, 6.07) is 10.9. The average Bonchev–Trinajstić information content (AvgIpc) is 2.40. The smallest absolute Gasteiger partial charge is 0.132 e. The van der Waals surface area contributed by atoms with Gasteiger partial charge in [0.2, 0.25) is 0 Å². The van der Waals surface area contributed by atoms with E-state index in [0.29, 0.717) is 10.6 Å². The van der Waals surface area contributed by atoms with Crippen LogP contribution in [0.3, 0.4) is 0 Å². The van der Waals surface area contributed by atoms with Gasteiger partial charge in [0.1, 0.15) is 5.82 Å². The third-order valence-electron chi connectivity index (χ3n) is 3.27. The lowest BCUT2D eigenvalue weighted by Crippen LogP contribution is -2.13. The Morgan fingerprint density at radius 2 is 1.85 bits per heavy atom. The Morgan fingerprint density at radius 3 is 2.50 bits per heavy atom. The van der Waals surface area contributed by atoms with Crippen molar-refractivity contribution in [3.05, 3.63) is 58.4 Å². The van der Waals surface area contributed by atoms with Gasteiger partial charge in [-0.1, -0.05) is 36.7 Å². The number of hydrogen-bond acceptors (Lipinski definition) is 1. The molecule has 0 saturated heterocycles. The van der Waals surface area contributed by atoms with E-state index in [4.69, 9.17) is 11.6 Å². The summed E-state index contributed by atoms with van der Waals surface area (Å²) in [6.07, 6.45) is 1.12. The van der Waals surface area contributed by atoms with Gasteiger partial charge in [0.25, 0.3) is 0 Å². The molecule has 0 saturated carbocycles. The van der Waals surface area contributed by atoms with Gasteiger partial charge in [0.05, 0.1) is 0 Å². The lowest BCUT2D eigenvalue weighted by atomic mass is 9.98. The summed E-state index contributed by atoms with van der Waals surface area (Å²) < 4.78 is 14.0. The molecule has 0 aliphatic rings. The highest BCUT2D eigenvalue weighted by Gasteiger charge is 2.08. The quantitative estimate of drug-likeness (QED) is 0.768. The van der Waals surface area contributed by atoms with E-state index in [1.54, 1.807) is 12.1 Å². The minimum Gasteiger partial charge on any atom is -0.313 e. The van der Waals surface area contributed by atoms with Crippen LogP contribution in [0.25, 0.3) is 11.1 Å². The maximum absolute atomic E-state index is 14.0. The molecule has 0 spiro atoms. The van der Waals surface area contributed by atoms with Crippen molar-refractivity contribution in [2.45, 2.75) is 26.8 Å². The van der Waals surface area contributed by atoms with E-state index in [-0.39, 0.29) is 5.82 Å². The normalized spacial score (nSPS) is 10.8. The lowest BCUT2D eigenvalue weighted by Gasteiger charge is -2.10. The van der Waals surface area contributed by atoms with Crippen LogP contribution >= 0.6 is 11.6 Å². The van der Waals surface area contributed by atoms with Crippen molar-refractivity contribution in [2.24, 2.45) is 0 Å². The molecule has 0 bridgehead atoms. The van der Waals surface area contributed by atoms with Crippen LogP contribution < -0.4 is 5.32 Å². The molecule has 2 aromatic carbocycles. The first kappa shape index (κ1) is 15.0. The summed E-state index contributed by atoms with van der Waals surface area (Å²) in [7, 11) is 0. The van der Waals surface area contributed by atoms with Gasteiger partial charge >= 0.3 is 0 Å². The van der Waals surface area contributed by atoms with Gasteiger partial charge in [-0.15, -0.1) is 0 Å². The van der Waals surface area contributed by atoms with E-state index in [9.17, 15) is 4.39 Å². The van der Waals surface area contributed by atoms with E-state index in [1.165, 1.54) is 11.6 Å². The second-order valence-corrected chi connectivity index (χ2v) is 5.39. The van der Waals surface area contributed by atoms with Gasteiger partial charge in [0.15, 0.2) is 0 Å². The molecule has 20 heavy (non-hydrogen) atoms. The molecule has 3 heteroatoms. The van der Waals surface area contributed by atoms with E-state index >= 15 is 0 Å². The Morgan fingerprint density at radius 1 is 1.10 bits per heavy atom. The first-order valence-corrected chi connectivity index (χ1v) is 7.25. The Labute approximate surface area is 124 Å². The SMILES string of the molecule is CCCNCc1ccc(-c2ccc(Cl)cc2F)c(C)c1. The Balaban J connectivity index is 2.25. The van der Waals surface area contributed by atoms with Crippen molar-refractivity contribution in [1.29, 1.82) is 0 Å². The minimum atomic E-state index is -0.280. The van der Waals surface area contributed by atoms with Crippen LogP contribution in [0, 0.1) is 12.7 Å². The van der Waals surface area contributed by atoms with Crippen LogP contribution in [0.4, 0.5) is 4.39 Å². The van der Waals surface area contributed by atoms with Crippen molar-refractivity contribution in [2.75, 3.05) is 6.54 Å². The molecule has 0 unspecified atom stereocenters. The zero-order chi connectivity index (χ0) is 14.5. The molecule has 0 atom stereocenters. The maximum Gasteiger partial charge on any atom is 0.132 e. The van der Waals surface area contributed by atoms with Gasteiger partial charge in [-0.05, 0) is 54.8 Å². The van der Waals surface area contributed by atoms with Crippen molar-refractivity contribution in [3.8, 4) is 11.1 Å². The fourth-order valence-electron chi connectivity index (χ4n) is 2.26. The predicted octanol–water partition coefficient (Wildman–Crippen LogP) is 4.95. The maximum atomic E-state index is 14.0.